The Morgan fingerprint density at radius 2 is 1.65 bits per heavy atom. The van der Waals surface area contributed by atoms with E-state index in [0.717, 1.165) is 0 Å². The second-order valence-electron chi connectivity index (χ2n) is 5.74. The first kappa shape index (κ1) is 16.7. The van der Waals surface area contributed by atoms with Crippen molar-refractivity contribution in [3.8, 4) is 0 Å². The zero-order valence-electron chi connectivity index (χ0n) is 13.2. The molecule has 1 unspecified atom stereocenters. The van der Waals surface area contributed by atoms with E-state index in [1.165, 1.54) is 19.1 Å². The summed E-state index contributed by atoms with van der Waals surface area (Å²) in [5, 5.41) is 2.92. The predicted octanol–water partition coefficient (Wildman–Crippen LogP) is 1.29. The second-order valence-corrected chi connectivity index (χ2v) is 5.74. The van der Waals surface area contributed by atoms with Gasteiger partial charge in [-0.25, -0.2) is 4.79 Å². The maximum absolute atomic E-state index is 12.2. The molecule has 7 nitrogen and oxygen atoms in total. The van der Waals surface area contributed by atoms with Crippen molar-refractivity contribution in [1.29, 1.82) is 0 Å². The van der Waals surface area contributed by atoms with Crippen molar-refractivity contribution in [2.24, 2.45) is 5.92 Å². The number of hydrogen-bond acceptors (Lipinski definition) is 5. The van der Waals surface area contributed by atoms with Crippen LogP contribution in [0.4, 0.5) is 0 Å². The minimum atomic E-state index is -0.920. The van der Waals surface area contributed by atoms with Gasteiger partial charge in [0.1, 0.15) is 6.04 Å². The largest absolute Gasteiger partial charge is 0.355 e. The van der Waals surface area contributed by atoms with Gasteiger partial charge in [0.15, 0.2) is 0 Å². The zero-order chi connectivity index (χ0) is 17.1. The highest BCUT2D eigenvalue weighted by atomic mass is 16.7. The summed E-state index contributed by atoms with van der Waals surface area (Å²) < 4.78 is 0. The molecule has 3 amide bonds. The zero-order valence-corrected chi connectivity index (χ0v) is 13.2. The quantitative estimate of drug-likeness (QED) is 0.826. The van der Waals surface area contributed by atoms with Crippen molar-refractivity contribution in [1.82, 2.24) is 10.4 Å². The first-order valence-electron chi connectivity index (χ1n) is 7.28. The van der Waals surface area contributed by atoms with Crippen molar-refractivity contribution in [2.45, 2.75) is 33.2 Å². The molecule has 122 valence electrons. The topological polar surface area (TPSA) is 92.8 Å². The van der Waals surface area contributed by atoms with Gasteiger partial charge >= 0.3 is 5.97 Å². The van der Waals surface area contributed by atoms with Gasteiger partial charge in [-0.3, -0.25) is 14.4 Å². The summed E-state index contributed by atoms with van der Waals surface area (Å²) >= 11 is 0. The summed E-state index contributed by atoms with van der Waals surface area (Å²) in [5.74, 6) is -2.50. The molecule has 0 radical (unpaired) electrons. The fourth-order valence-electron chi connectivity index (χ4n) is 2.33. The van der Waals surface area contributed by atoms with E-state index in [4.69, 9.17) is 4.84 Å². The molecule has 0 bridgehead atoms. The van der Waals surface area contributed by atoms with Gasteiger partial charge in [0.25, 0.3) is 11.8 Å². The van der Waals surface area contributed by atoms with E-state index in [1.54, 1.807) is 12.1 Å². The number of hydroxylamine groups is 2. The summed E-state index contributed by atoms with van der Waals surface area (Å²) in [4.78, 5) is 52.7. The van der Waals surface area contributed by atoms with Crippen LogP contribution in [0.25, 0.3) is 0 Å². The van der Waals surface area contributed by atoms with Crippen LogP contribution >= 0.6 is 0 Å². The molecule has 0 saturated heterocycles. The van der Waals surface area contributed by atoms with Crippen molar-refractivity contribution < 1.29 is 24.0 Å². The number of hydrogen-bond donors (Lipinski definition) is 1. The highest BCUT2D eigenvalue weighted by molar-refractivity contribution is 6.20. The Labute approximate surface area is 133 Å². The summed E-state index contributed by atoms with van der Waals surface area (Å²) in [7, 11) is 0. The van der Waals surface area contributed by atoms with E-state index in [-0.39, 0.29) is 17.0 Å². The fraction of sp³-hybridized carbons (Fsp3) is 0.375. The highest BCUT2D eigenvalue weighted by Crippen LogP contribution is 2.23. The van der Waals surface area contributed by atoms with Crippen molar-refractivity contribution in [2.75, 3.05) is 0 Å². The SMILES string of the molecule is CC(=O)NC(CC(C)C)C(=O)ON1C(=O)c2ccccc2C1=O. The summed E-state index contributed by atoms with van der Waals surface area (Å²) in [6, 6.07) is 5.30. The molecular formula is C16H18N2O5. The van der Waals surface area contributed by atoms with E-state index in [2.05, 4.69) is 5.32 Å². The number of carbonyl (C=O) groups is 4. The third-order valence-corrected chi connectivity index (χ3v) is 3.31. The molecule has 0 saturated carbocycles. The van der Waals surface area contributed by atoms with Crippen molar-refractivity contribution in [3.05, 3.63) is 35.4 Å². The minimum Gasteiger partial charge on any atom is -0.343 e. The van der Waals surface area contributed by atoms with Crippen molar-refractivity contribution >= 4 is 23.7 Å². The highest BCUT2D eigenvalue weighted by Gasteiger charge is 2.39. The lowest BCUT2D eigenvalue weighted by atomic mass is 10.0. The van der Waals surface area contributed by atoms with Crippen LogP contribution in [-0.2, 0) is 14.4 Å². The number of rotatable bonds is 5. The van der Waals surface area contributed by atoms with Crippen LogP contribution in [0, 0.1) is 5.92 Å². The molecule has 23 heavy (non-hydrogen) atoms. The molecule has 1 aromatic rings. The Morgan fingerprint density at radius 3 is 2.09 bits per heavy atom. The number of benzene rings is 1. The maximum atomic E-state index is 12.2. The maximum Gasteiger partial charge on any atom is 0.355 e. The van der Waals surface area contributed by atoms with Gasteiger partial charge in [0.2, 0.25) is 5.91 Å². The van der Waals surface area contributed by atoms with Crippen LogP contribution in [0.2, 0.25) is 0 Å². The second kappa shape index (κ2) is 6.60. The number of nitrogens with one attached hydrogen (secondary N) is 1. The smallest absolute Gasteiger partial charge is 0.343 e. The van der Waals surface area contributed by atoms with E-state index >= 15 is 0 Å². The van der Waals surface area contributed by atoms with Gasteiger partial charge in [0.05, 0.1) is 11.1 Å². The van der Waals surface area contributed by atoms with Gasteiger partial charge in [-0.15, -0.1) is 0 Å². The normalized spacial score (nSPS) is 14.7. The average Bonchev–Trinajstić information content (AvgIpc) is 2.71. The average molecular weight is 318 g/mol. The Hall–Kier alpha value is -2.70. The molecule has 1 atom stereocenters. The predicted molar refractivity (Wildman–Crippen MR) is 80.1 cm³/mol. The standard InChI is InChI=1S/C16H18N2O5/c1-9(2)8-13(17-10(3)19)16(22)23-18-14(20)11-6-4-5-7-12(11)15(18)21/h4-7,9,13H,8H2,1-3H3,(H,17,19). The molecule has 1 aliphatic rings. The molecule has 1 aliphatic heterocycles. The Kier molecular flexibility index (Phi) is 4.78. The van der Waals surface area contributed by atoms with Crippen LogP contribution in [0.3, 0.4) is 0 Å². The lowest BCUT2D eigenvalue weighted by molar-refractivity contribution is -0.172. The number of fused-ring (bicyclic) bond motifs is 1. The summed E-state index contributed by atoms with van der Waals surface area (Å²) in [5.41, 5.74) is 0.371. The monoisotopic (exact) mass is 318 g/mol. The third-order valence-electron chi connectivity index (χ3n) is 3.31. The van der Waals surface area contributed by atoms with Crippen LogP contribution < -0.4 is 5.32 Å². The van der Waals surface area contributed by atoms with E-state index < -0.39 is 29.7 Å². The molecule has 0 aromatic heterocycles. The van der Waals surface area contributed by atoms with Crippen LogP contribution in [0.5, 0.6) is 0 Å². The molecule has 0 aliphatic carbocycles. The van der Waals surface area contributed by atoms with Gasteiger partial charge in [-0.2, -0.15) is 0 Å². The molecule has 7 heteroatoms. The summed E-state index contributed by atoms with van der Waals surface area (Å²) in [6.45, 7) is 5.04. The van der Waals surface area contributed by atoms with E-state index in [9.17, 15) is 19.2 Å². The molecule has 0 fully saturated rings. The minimum absolute atomic E-state index is 0.113. The van der Waals surface area contributed by atoms with E-state index in [0.29, 0.717) is 11.5 Å². The Morgan fingerprint density at radius 1 is 1.13 bits per heavy atom. The molecule has 0 spiro atoms. The Balaban J connectivity index is 2.14. The number of amides is 3. The lowest BCUT2D eigenvalue weighted by Crippen LogP contribution is -2.45. The number of nitrogens with zero attached hydrogens (tertiary/aromatic N) is 1. The summed E-state index contributed by atoms with van der Waals surface area (Å²) in [6.07, 6.45) is 0.335. The van der Waals surface area contributed by atoms with Gasteiger partial charge in [0, 0.05) is 6.92 Å². The van der Waals surface area contributed by atoms with E-state index in [1.807, 2.05) is 13.8 Å². The number of imide groups is 1. The van der Waals surface area contributed by atoms with Crippen LogP contribution in [-0.4, -0.2) is 34.8 Å². The van der Waals surface area contributed by atoms with Gasteiger partial charge < -0.3 is 10.2 Å². The molecular weight excluding hydrogens is 300 g/mol. The van der Waals surface area contributed by atoms with Crippen molar-refractivity contribution in [3.63, 3.8) is 0 Å². The molecule has 1 heterocycles. The number of carbonyl (C=O) groups excluding carboxylic acids is 4. The molecule has 2 rings (SSSR count). The molecule has 1 aromatic carbocycles. The Bertz CT molecular complexity index is 633. The third kappa shape index (κ3) is 3.56. The first-order chi connectivity index (χ1) is 10.8. The van der Waals surface area contributed by atoms with Gasteiger partial charge in [-0.05, 0) is 24.5 Å². The van der Waals surface area contributed by atoms with Crippen LogP contribution in [0.15, 0.2) is 24.3 Å². The van der Waals surface area contributed by atoms with Crippen LogP contribution in [0.1, 0.15) is 47.9 Å². The van der Waals surface area contributed by atoms with Gasteiger partial charge in [-0.1, -0.05) is 31.0 Å². The lowest BCUT2D eigenvalue weighted by Gasteiger charge is -2.20. The first-order valence-corrected chi connectivity index (χ1v) is 7.28. The molecule has 1 N–H and O–H groups in total. The fourth-order valence-corrected chi connectivity index (χ4v) is 2.33.